The third kappa shape index (κ3) is 4.90. The molecule has 0 radical (unpaired) electrons. The van der Waals surface area contributed by atoms with Gasteiger partial charge >= 0.3 is 6.18 Å². The molecule has 3 aromatic rings. The van der Waals surface area contributed by atoms with Gasteiger partial charge in [-0.05, 0) is 62.7 Å². The van der Waals surface area contributed by atoms with Gasteiger partial charge in [0.2, 0.25) is 5.88 Å². The Morgan fingerprint density at radius 2 is 1.72 bits per heavy atom. The fourth-order valence-electron chi connectivity index (χ4n) is 2.80. The van der Waals surface area contributed by atoms with E-state index in [9.17, 15) is 18.0 Å². The number of nitrogens with zero attached hydrogens (tertiary/aromatic N) is 2. The molecule has 0 saturated heterocycles. The van der Waals surface area contributed by atoms with E-state index in [2.05, 4.69) is 15.3 Å². The summed E-state index contributed by atoms with van der Waals surface area (Å²) in [6.07, 6.45) is -3.75. The highest BCUT2D eigenvalue weighted by molar-refractivity contribution is 6.05. The molecule has 0 bridgehead atoms. The van der Waals surface area contributed by atoms with Gasteiger partial charge in [0.05, 0.1) is 16.9 Å². The molecule has 150 valence electrons. The van der Waals surface area contributed by atoms with Gasteiger partial charge < -0.3 is 10.1 Å². The monoisotopic (exact) mass is 401 g/mol. The fourth-order valence-corrected chi connectivity index (χ4v) is 2.80. The summed E-state index contributed by atoms with van der Waals surface area (Å²) >= 11 is 0. The summed E-state index contributed by atoms with van der Waals surface area (Å²) < 4.78 is 43.1. The van der Waals surface area contributed by atoms with Gasteiger partial charge in [0.15, 0.2) is 0 Å². The van der Waals surface area contributed by atoms with E-state index in [0.29, 0.717) is 23.2 Å². The van der Waals surface area contributed by atoms with Crippen molar-refractivity contribution in [1.82, 2.24) is 9.97 Å². The Labute approximate surface area is 165 Å². The molecule has 0 saturated carbocycles. The van der Waals surface area contributed by atoms with Crippen LogP contribution < -0.4 is 10.1 Å². The number of carbonyl (C=O) groups is 1. The lowest BCUT2D eigenvalue weighted by molar-refractivity contribution is -0.137. The van der Waals surface area contributed by atoms with Crippen molar-refractivity contribution >= 4 is 11.6 Å². The number of pyridine rings is 2. The van der Waals surface area contributed by atoms with Gasteiger partial charge in [-0.15, -0.1) is 0 Å². The molecule has 1 amide bonds. The molecule has 0 aliphatic rings. The van der Waals surface area contributed by atoms with Crippen molar-refractivity contribution in [3.8, 4) is 11.6 Å². The Morgan fingerprint density at radius 1 is 1.03 bits per heavy atom. The van der Waals surface area contributed by atoms with E-state index < -0.39 is 11.7 Å². The number of amides is 1. The molecule has 1 aromatic carbocycles. The molecule has 0 spiro atoms. The molecular weight excluding hydrogens is 383 g/mol. The van der Waals surface area contributed by atoms with Gasteiger partial charge in [0, 0.05) is 23.5 Å². The van der Waals surface area contributed by atoms with E-state index in [1.165, 1.54) is 0 Å². The van der Waals surface area contributed by atoms with Gasteiger partial charge in [0.1, 0.15) is 5.75 Å². The Morgan fingerprint density at radius 3 is 2.28 bits per heavy atom. The smallest absolute Gasteiger partial charge is 0.417 e. The largest absolute Gasteiger partial charge is 0.439 e. The molecule has 0 atom stereocenters. The minimum absolute atomic E-state index is 0.0205. The fraction of sp³-hybridized carbons (Fsp3) is 0.190. The second kappa shape index (κ2) is 7.90. The van der Waals surface area contributed by atoms with Crippen LogP contribution in [0.3, 0.4) is 0 Å². The minimum Gasteiger partial charge on any atom is -0.439 e. The lowest BCUT2D eigenvalue weighted by Crippen LogP contribution is -2.14. The Kier molecular flexibility index (Phi) is 5.54. The topological polar surface area (TPSA) is 64.1 Å². The first-order valence-corrected chi connectivity index (χ1v) is 8.71. The lowest BCUT2D eigenvalue weighted by Gasteiger charge is -2.12. The third-order valence-electron chi connectivity index (χ3n) is 4.17. The highest BCUT2D eigenvalue weighted by Gasteiger charge is 2.30. The number of rotatable bonds is 4. The van der Waals surface area contributed by atoms with Crippen molar-refractivity contribution in [3.63, 3.8) is 0 Å². The third-order valence-corrected chi connectivity index (χ3v) is 4.17. The predicted molar refractivity (Wildman–Crippen MR) is 102 cm³/mol. The maximum atomic E-state index is 12.6. The number of anilines is 1. The van der Waals surface area contributed by atoms with E-state index in [-0.39, 0.29) is 11.8 Å². The molecule has 2 aromatic heterocycles. The molecular formula is C21H18F3N3O2. The van der Waals surface area contributed by atoms with Gasteiger partial charge in [-0.3, -0.25) is 9.78 Å². The highest BCUT2D eigenvalue weighted by Crippen LogP contribution is 2.30. The number of aromatic nitrogens is 2. The molecule has 5 nitrogen and oxygen atoms in total. The number of hydrogen-bond acceptors (Lipinski definition) is 4. The van der Waals surface area contributed by atoms with Crippen molar-refractivity contribution in [1.29, 1.82) is 0 Å². The molecule has 29 heavy (non-hydrogen) atoms. The van der Waals surface area contributed by atoms with Crippen LogP contribution in [0.2, 0.25) is 0 Å². The molecule has 3 rings (SSSR count). The molecule has 1 N–H and O–H groups in total. The van der Waals surface area contributed by atoms with E-state index in [1.54, 1.807) is 24.3 Å². The summed E-state index contributed by atoms with van der Waals surface area (Å²) in [7, 11) is 0. The number of benzene rings is 1. The summed E-state index contributed by atoms with van der Waals surface area (Å²) in [5.41, 5.74) is 2.72. The van der Waals surface area contributed by atoms with E-state index in [0.717, 1.165) is 29.1 Å². The maximum absolute atomic E-state index is 12.6. The van der Waals surface area contributed by atoms with E-state index in [1.807, 2.05) is 26.8 Å². The molecule has 8 heteroatoms. The standard InChI is InChI=1S/C21H18F3N3O2/c1-12-10-13(2)26-14(3)19(12)27-20(28)15-4-7-17(8-5-15)29-18-9-6-16(11-25-18)21(22,23)24/h4-11H,1-3H3,(H,27,28). The number of halogens is 3. The van der Waals surface area contributed by atoms with Crippen LogP contribution in [0, 0.1) is 20.8 Å². The van der Waals surface area contributed by atoms with Crippen molar-refractivity contribution in [2.45, 2.75) is 26.9 Å². The quantitative estimate of drug-likeness (QED) is 0.630. The van der Waals surface area contributed by atoms with E-state index >= 15 is 0 Å². The summed E-state index contributed by atoms with van der Waals surface area (Å²) in [6, 6.07) is 10.1. The van der Waals surface area contributed by atoms with Crippen LogP contribution in [0.5, 0.6) is 11.6 Å². The lowest BCUT2D eigenvalue weighted by atomic mass is 10.1. The normalized spacial score (nSPS) is 11.2. The zero-order valence-corrected chi connectivity index (χ0v) is 16.0. The second-order valence-corrected chi connectivity index (χ2v) is 6.50. The van der Waals surface area contributed by atoms with E-state index in [4.69, 9.17) is 4.74 Å². The number of ether oxygens (including phenoxy) is 1. The minimum atomic E-state index is -4.45. The molecule has 0 fully saturated rings. The first-order valence-electron chi connectivity index (χ1n) is 8.71. The first kappa shape index (κ1) is 20.3. The molecule has 0 aliphatic heterocycles. The Balaban J connectivity index is 1.69. The van der Waals surface area contributed by atoms with Crippen LogP contribution in [0.25, 0.3) is 0 Å². The van der Waals surface area contributed by atoms with Gasteiger partial charge in [-0.25, -0.2) is 4.98 Å². The van der Waals surface area contributed by atoms with Crippen molar-refractivity contribution in [3.05, 3.63) is 76.7 Å². The predicted octanol–water partition coefficient (Wildman–Crippen LogP) is 5.47. The summed E-state index contributed by atoms with van der Waals surface area (Å²) in [6.45, 7) is 5.60. The number of carbonyl (C=O) groups excluding carboxylic acids is 1. The maximum Gasteiger partial charge on any atom is 0.417 e. The van der Waals surface area contributed by atoms with Crippen molar-refractivity contribution in [2.24, 2.45) is 0 Å². The van der Waals surface area contributed by atoms with Gasteiger partial charge in [-0.1, -0.05) is 0 Å². The Hall–Kier alpha value is -3.42. The van der Waals surface area contributed by atoms with Gasteiger partial charge in [-0.2, -0.15) is 13.2 Å². The van der Waals surface area contributed by atoms with Crippen LogP contribution in [0.1, 0.15) is 32.9 Å². The highest BCUT2D eigenvalue weighted by atomic mass is 19.4. The van der Waals surface area contributed by atoms with Crippen LogP contribution in [0.15, 0.2) is 48.7 Å². The number of nitrogens with one attached hydrogen (secondary N) is 1. The molecule has 0 aliphatic carbocycles. The summed E-state index contributed by atoms with van der Waals surface area (Å²) in [5, 5.41) is 2.85. The van der Waals surface area contributed by atoms with Crippen molar-refractivity contribution in [2.75, 3.05) is 5.32 Å². The first-order chi connectivity index (χ1) is 13.6. The van der Waals surface area contributed by atoms with Crippen molar-refractivity contribution < 1.29 is 22.7 Å². The summed E-state index contributed by atoms with van der Waals surface area (Å²) in [5.74, 6) is 0.0615. The number of alkyl halides is 3. The number of hydrogen-bond donors (Lipinski definition) is 1. The average molecular weight is 401 g/mol. The van der Waals surface area contributed by atoms with Crippen LogP contribution in [-0.2, 0) is 6.18 Å². The van der Waals surface area contributed by atoms with Gasteiger partial charge in [0.25, 0.3) is 5.91 Å². The Bertz CT molecular complexity index is 1010. The SMILES string of the molecule is Cc1cc(C)c(NC(=O)c2ccc(Oc3ccc(C(F)(F)F)cn3)cc2)c(C)n1. The average Bonchev–Trinajstić information content (AvgIpc) is 2.65. The number of aryl methyl sites for hydroxylation is 3. The molecule has 0 unspecified atom stereocenters. The summed E-state index contributed by atoms with van der Waals surface area (Å²) in [4.78, 5) is 20.5. The zero-order chi connectivity index (χ0) is 21.2. The van der Waals surface area contributed by atoms with Crippen LogP contribution >= 0.6 is 0 Å². The molecule has 2 heterocycles. The second-order valence-electron chi connectivity index (χ2n) is 6.50. The van der Waals surface area contributed by atoms with Crippen LogP contribution in [-0.4, -0.2) is 15.9 Å². The zero-order valence-electron chi connectivity index (χ0n) is 16.0. The van der Waals surface area contributed by atoms with Crippen LogP contribution in [0.4, 0.5) is 18.9 Å².